The zero-order chi connectivity index (χ0) is 22.0. The first-order valence-electron chi connectivity index (χ1n) is 9.62. The molecule has 1 amide bonds. The quantitative estimate of drug-likeness (QED) is 0.414. The summed E-state index contributed by atoms with van der Waals surface area (Å²) in [6.07, 6.45) is 1.72. The molecule has 3 rings (SSSR count). The summed E-state index contributed by atoms with van der Waals surface area (Å²) in [6, 6.07) is 11.7. The Hall–Kier alpha value is -3.19. The molecule has 0 saturated carbocycles. The maximum Gasteiger partial charge on any atom is 0.275 e. The van der Waals surface area contributed by atoms with E-state index in [1.165, 1.54) is 18.2 Å². The summed E-state index contributed by atoms with van der Waals surface area (Å²) in [5, 5.41) is 14.6. The lowest BCUT2D eigenvalue weighted by molar-refractivity contribution is -0.384. The molecule has 0 bridgehead atoms. The van der Waals surface area contributed by atoms with Crippen molar-refractivity contribution in [2.75, 3.05) is 5.32 Å². The third kappa shape index (κ3) is 4.36. The number of benzodiazepines with no additional fused rings is 1. The number of halogens is 1. The zero-order valence-corrected chi connectivity index (χ0v) is 18.0. The van der Waals surface area contributed by atoms with Crippen LogP contribution in [0.3, 0.4) is 0 Å². The number of hydrogen-bond acceptors (Lipinski definition) is 5. The number of nitro benzene ring substituents is 1. The molecule has 1 N–H and O–H groups in total. The normalized spacial score (nSPS) is 15.0. The highest BCUT2D eigenvalue weighted by Gasteiger charge is 2.26. The van der Waals surface area contributed by atoms with Crippen molar-refractivity contribution in [1.82, 2.24) is 4.90 Å². The van der Waals surface area contributed by atoms with Crippen molar-refractivity contribution in [3.05, 3.63) is 80.6 Å². The lowest BCUT2D eigenvalue weighted by atomic mass is 10.00. The van der Waals surface area contributed by atoms with Crippen LogP contribution in [0.2, 0.25) is 5.02 Å². The van der Waals surface area contributed by atoms with E-state index in [2.05, 4.69) is 10.3 Å². The van der Waals surface area contributed by atoms with Crippen molar-refractivity contribution in [3.63, 3.8) is 0 Å². The van der Waals surface area contributed by atoms with Crippen LogP contribution in [0.5, 0.6) is 0 Å². The van der Waals surface area contributed by atoms with Gasteiger partial charge in [-0.05, 0) is 39.8 Å². The summed E-state index contributed by atoms with van der Waals surface area (Å²) in [7, 11) is 0. The fraction of sp³-hybridized carbons (Fsp3) is 0.273. The zero-order valence-electron chi connectivity index (χ0n) is 17.2. The molecule has 0 unspecified atom stereocenters. The molecule has 0 radical (unpaired) electrons. The molecule has 0 spiro atoms. The lowest BCUT2D eigenvalue weighted by Crippen LogP contribution is -2.33. The summed E-state index contributed by atoms with van der Waals surface area (Å²) in [4.78, 5) is 30.5. The molecule has 156 valence electrons. The molecule has 2 aromatic rings. The predicted octanol–water partition coefficient (Wildman–Crippen LogP) is 5.00. The minimum atomic E-state index is -0.479. The second-order valence-corrected chi connectivity index (χ2v) is 7.94. The van der Waals surface area contributed by atoms with Gasteiger partial charge >= 0.3 is 0 Å². The highest BCUT2D eigenvalue weighted by atomic mass is 35.5. The van der Waals surface area contributed by atoms with Crippen LogP contribution in [0.1, 0.15) is 38.8 Å². The van der Waals surface area contributed by atoms with Crippen LogP contribution >= 0.6 is 11.6 Å². The number of fused-ring (bicyclic) bond motifs is 1. The first-order valence-corrected chi connectivity index (χ1v) is 10.00. The fourth-order valence-corrected chi connectivity index (χ4v) is 3.58. The number of carbonyl (C=O) groups excluding carboxylic acids is 1. The summed E-state index contributed by atoms with van der Waals surface area (Å²) >= 11 is 6.42. The van der Waals surface area contributed by atoms with Crippen LogP contribution in [0.15, 0.2) is 59.4 Å². The van der Waals surface area contributed by atoms with Gasteiger partial charge in [-0.3, -0.25) is 14.9 Å². The van der Waals surface area contributed by atoms with Gasteiger partial charge in [-0.2, -0.15) is 0 Å². The second-order valence-electron chi connectivity index (χ2n) is 7.53. The van der Waals surface area contributed by atoms with Gasteiger partial charge in [0.2, 0.25) is 0 Å². The van der Waals surface area contributed by atoms with Crippen LogP contribution in [-0.4, -0.2) is 33.5 Å². The molecule has 0 atom stereocenters. The number of benzene rings is 2. The molecular weight excluding hydrogens is 404 g/mol. The monoisotopic (exact) mass is 426 g/mol. The Balaban J connectivity index is 2.28. The molecule has 1 aliphatic heterocycles. The number of non-ortho nitro benzene ring substituents is 1. The number of aliphatic imine (C=N–C) groups is 1. The molecule has 8 heteroatoms. The Bertz CT molecular complexity index is 1050. The number of carbonyl (C=O) groups is 1. The predicted molar refractivity (Wildman–Crippen MR) is 119 cm³/mol. The van der Waals surface area contributed by atoms with Crippen LogP contribution in [0, 0.1) is 10.1 Å². The van der Waals surface area contributed by atoms with Gasteiger partial charge in [-0.25, -0.2) is 4.99 Å². The molecule has 1 aliphatic rings. The molecule has 0 aliphatic carbocycles. The van der Waals surface area contributed by atoms with E-state index in [1.807, 2.05) is 32.6 Å². The summed E-state index contributed by atoms with van der Waals surface area (Å²) in [5.74, 6) is -0.390. The highest BCUT2D eigenvalue weighted by Crippen LogP contribution is 2.31. The Morgan fingerprint density at radius 3 is 2.37 bits per heavy atom. The Morgan fingerprint density at radius 2 is 1.77 bits per heavy atom. The number of rotatable bonds is 5. The van der Waals surface area contributed by atoms with E-state index >= 15 is 0 Å². The smallest absolute Gasteiger partial charge is 0.275 e. The maximum atomic E-state index is 13.0. The van der Waals surface area contributed by atoms with E-state index in [0.717, 1.165) is 0 Å². The maximum absolute atomic E-state index is 13.0. The van der Waals surface area contributed by atoms with Gasteiger partial charge in [0.15, 0.2) is 0 Å². The number of anilines is 1. The van der Waals surface area contributed by atoms with Crippen molar-refractivity contribution in [1.29, 1.82) is 0 Å². The third-order valence-corrected chi connectivity index (χ3v) is 5.10. The van der Waals surface area contributed by atoms with Gasteiger partial charge in [0.1, 0.15) is 5.70 Å². The van der Waals surface area contributed by atoms with Crippen LogP contribution in [0.25, 0.3) is 0 Å². The van der Waals surface area contributed by atoms with E-state index in [-0.39, 0.29) is 23.5 Å². The molecule has 0 aromatic heterocycles. The second kappa shape index (κ2) is 8.67. The van der Waals surface area contributed by atoms with Gasteiger partial charge in [-0.1, -0.05) is 29.8 Å². The summed E-state index contributed by atoms with van der Waals surface area (Å²) < 4.78 is 0. The molecule has 0 fully saturated rings. The van der Waals surface area contributed by atoms with Gasteiger partial charge in [0.25, 0.3) is 11.6 Å². The van der Waals surface area contributed by atoms with E-state index in [1.54, 1.807) is 30.5 Å². The van der Waals surface area contributed by atoms with Gasteiger partial charge in [0.05, 0.1) is 16.3 Å². The van der Waals surface area contributed by atoms with Crippen LogP contribution in [0.4, 0.5) is 11.4 Å². The minimum absolute atomic E-state index is 0.0961. The van der Waals surface area contributed by atoms with Crippen molar-refractivity contribution in [2.45, 2.75) is 39.8 Å². The topological polar surface area (TPSA) is 87.8 Å². The number of nitrogens with one attached hydrogen (secondary N) is 1. The van der Waals surface area contributed by atoms with Crippen molar-refractivity contribution in [2.24, 2.45) is 4.99 Å². The van der Waals surface area contributed by atoms with Gasteiger partial charge < -0.3 is 10.2 Å². The number of hydrogen-bond donors (Lipinski definition) is 1. The first kappa shape index (κ1) is 21.5. The Morgan fingerprint density at radius 1 is 1.10 bits per heavy atom. The summed E-state index contributed by atoms with van der Waals surface area (Å²) in [6.45, 7) is 8.12. The van der Waals surface area contributed by atoms with Crippen molar-refractivity contribution in [3.8, 4) is 0 Å². The van der Waals surface area contributed by atoms with Crippen LogP contribution in [-0.2, 0) is 4.79 Å². The standard InChI is InChI=1S/C22H23ClN4O3/c1-13(2)26(14(3)4)12-20-22(28)25-19-10-9-15(27(29)30)11-17(19)21(24-20)16-7-5-6-8-18(16)23/h5-14H,1-4H3,(H,25,28). The Kier molecular flexibility index (Phi) is 6.22. The van der Waals surface area contributed by atoms with E-state index < -0.39 is 10.8 Å². The molecule has 30 heavy (non-hydrogen) atoms. The highest BCUT2D eigenvalue weighted by molar-refractivity contribution is 6.36. The van der Waals surface area contributed by atoms with Gasteiger partial charge in [0, 0.05) is 46.6 Å². The average Bonchev–Trinajstić information content (AvgIpc) is 2.81. The van der Waals surface area contributed by atoms with E-state index in [9.17, 15) is 14.9 Å². The van der Waals surface area contributed by atoms with Gasteiger partial charge in [-0.15, -0.1) is 0 Å². The van der Waals surface area contributed by atoms with Crippen molar-refractivity contribution >= 4 is 34.6 Å². The molecule has 7 nitrogen and oxygen atoms in total. The van der Waals surface area contributed by atoms with E-state index in [0.29, 0.717) is 27.5 Å². The van der Waals surface area contributed by atoms with Crippen molar-refractivity contribution < 1.29 is 9.72 Å². The molecule has 1 heterocycles. The average molecular weight is 427 g/mol. The summed E-state index contributed by atoms with van der Waals surface area (Å²) in [5.41, 5.74) is 1.97. The first-order chi connectivity index (χ1) is 14.2. The molecule has 2 aromatic carbocycles. The minimum Gasteiger partial charge on any atom is -0.371 e. The van der Waals surface area contributed by atoms with E-state index in [4.69, 9.17) is 11.6 Å². The lowest BCUT2D eigenvalue weighted by Gasteiger charge is -2.29. The molecule has 0 saturated heterocycles. The number of amides is 1. The van der Waals surface area contributed by atoms with Crippen LogP contribution < -0.4 is 5.32 Å². The molecular formula is C22H23ClN4O3. The largest absolute Gasteiger partial charge is 0.371 e. The SMILES string of the molecule is CC(C)N(C=C1N=C(c2ccccc2Cl)c2cc([N+](=O)[O-])ccc2NC1=O)C(C)C. The number of nitrogens with zero attached hydrogens (tertiary/aromatic N) is 3. The fourth-order valence-electron chi connectivity index (χ4n) is 3.35. The number of nitro groups is 1. The Labute approximate surface area is 180 Å². The third-order valence-electron chi connectivity index (χ3n) is 4.78.